The van der Waals surface area contributed by atoms with Crippen molar-refractivity contribution in [2.75, 3.05) is 0 Å². The van der Waals surface area contributed by atoms with Crippen LogP contribution in [0.15, 0.2) is 182 Å². The molecule has 12 atom stereocenters. The van der Waals surface area contributed by atoms with Crippen molar-refractivity contribution in [2.45, 2.75) is 267 Å². The molecule has 464 valence electrons. The van der Waals surface area contributed by atoms with Crippen LogP contribution in [0.5, 0.6) is 0 Å². The molecule has 0 aromatic heterocycles. The second kappa shape index (κ2) is 45.7. The Balaban J connectivity index is -0.000000435. The van der Waals surface area contributed by atoms with Crippen molar-refractivity contribution in [3.05, 3.63) is 215 Å². The highest BCUT2D eigenvalue weighted by atomic mass is 14.3. The second-order valence-electron chi connectivity index (χ2n) is 23.6. The van der Waals surface area contributed by atoms with Gasteiger partial charge in [0.15, 0.2) is 0 Å². The zero-order chi connectivity index (χ0) is 50.3. The molecule has 0 aliphatic heterocycles. The van der Waals surface area contributed by atoms with Gasteiger partial charge in [0.05, 0.1) is 0 Å². The summed E-state index contributed by atoms with van der Waals surface area (Å²) in [7, 11) is 0. The van der Waals surface area contributed by atoms with E-state index in [0.29, 0.717) is 0 Å². The van der Waals surface area contributed by atoms with Crippen molar-refractivity contribution < 1.29 is 0 Å². The van der Waals surface area contributed by atoms with Gasteiger partial charge >= 0.3 is 0 Å². The third kappa shape index (κ3) is 25.7. The van der Waals surface area contributed by atoms with Crippen molar-refractivity contribution in [2.24, 2.45) is 35.5 Å². The van der Waals surface area contributed by atoms with Crippen LogP contribution in [0.25, 0.3) is 0 Å². The van der Waals surface area contributed by atoms with E-state index < -0.39 is 0 Å². The van der Waals surface area contributed by atoms with E-state index in [1.165, 1.54) is 116 Å². The lowest BCUT2D eigenvalue weighted by Gasteiger charge is -2.14. The van der Waals surface area contributed by atoms with Crippen molar-refractivity contribution in [1.82, 2.24) is 0 Å². The molecule has 0 bridgehead atoms. The molecular formula is C82H136. The Morgan fingerprint density at radius 1 is 0.171 bits per heavy atom. The molecule has 0 amide bonds. The first-order chi connectivity index (χ1) is 35.3. The highest BCUT2D eigenvalue weighted by Crippen LogP contribution is 2.43. The van der Waals surface area contributed by atoms with E-state index >= 15 is 0 Å². The minimum absolute atomic E-state index is 0. The van der Waals surface area contributed by atoms with Gasteiger partial charge in [-0.3, -0.25) is 0 Å². The van der Waals surface area contributed by atoms with E-state index in [1.807, 2.05) is 0 Å². The monoisotopic (exact) mass is 1120 g/mol. The third-order valence-electron chi connectivity index (χ3n) is 18.5. The number of rotatable bonds is 6. The first kappa shape index (κ1) is 83.8. The zero-order valence-electron chi connectivity index (χ0n) is 46.0. The van der Waals surface area contributed by atoms with E-state index in [4.69, 9.17) is 0 Å². The summed E-state index contributed by atoms with van der Waals surface area (Å²) in [5.74, 6) is 10.4. The molecule has 0 spiro atoms. The van der Waals surface area contributed by atoms with Gasteiger partial charge in [-0.15, -0.1) is 0 Å². The predicted octanol–water partition coefficient (Wildman–Crippen LogP) is 27.9. The van der Waals surface area contributed by atoms with Gasteiger partial charge in [0.25, 0.3) is 0 Å². The summed E-state index contributed by atoms with van der Waals surface area (Å²) in [4.78, 5) is 0. The smallest absolute Gasteiger partial charge is 0.0136 e. The van der Waals surface area contributed by atoms with Crippen LogP contribution in [-0.2, 0) is 0 Å². The van der Waals surface area contributed by atoms with Crippen LogP contribution >= 0.6 is 0 Å². The molecule has 6 saturated carbocycles. The molecule has 0 heteroatoms. The molecule has 6 aliphatic rings. The number of hydrogen-bond donors (Lipinski definition) is 0. The molecule has 0 heterocycles. The number of benzene rings is 6. The summed E-state index contributed by atoms with van der Waals surface area (Å²) in [5.41, 5.74) is 9.26. The van der Waals surface area contributed by atoms with Gasteiger partial charge in [-0.1, -0.05) is 375 Å². The highest BCUT2D eigenvalue weighted by Gasteiger charge is 2.28. The topological polar surface area (TPSA) is 0 Å². The highest BCUT2D eigenvalue weighted by molar-refractivity contribution is 5.25. The lowest BCUT2D eigenvalue weighted by molar-refractivity contribution is 0.533. The Morgan fingerprint density at radius 2 is 0.280 bits per heavy atom. The van der Waals surface area contributed by atoms with Gasteiger partial charge in [0.2, 0.25) is 0 Å². The fraction of sp³-hybridized carbons (Fsp3) is 0.561. The van der Waals surface area contributed by atoms with Gasteiger partial charge in [-0.2, -0.15) is 0 Å². The summed E-state index contributed by atoms with van der Waals surface area (Å²) >= 11 is 0. The van der Waals surface area contributed by atoms with Gasteiger partial charge in [-0.25, -0.2) is 0 Å². The molecular weight excluding hydrogens is 985 g/mol. The lowest BCUT2D eigenvalue weighted by atomic mass is 9.90. The normalized spacial score (nSPS) is 25.5. The fourth-order valence-corrected chi connectivity index (χ4v) is 14.0. The fourth-order valence-electron chi connectivity index (χ4n) is 14.0. The van der Waals surface area contributed by atoms with Crippen LogP contribution in [0.1, 0.15) is 300 Å². The number of hydrogen-bond acceptors (Lipinski definition) is 0. The molecule has 82 heavy (non-hydrogen) atoms. The van der Waals surface area contributed by atoms with Crippen LogP contribution in [-0.4, -0.2) is 0 Å². The van der Waals surface area contributed by atoms with Crippen molar-refractivity contribution in [3.63, 3.8) is 0 Å². The predicted molar refractivity (Wildman–Crippen MR) is 380 cm³/mol. The van der Waals surface area contributed by atoms with Crippen molar-refractivity contribution >= 4 is 0 Å². The van der Waals surface area contributed by atoms with Crippen LogP contribution in [0.2, 0.25) is 0 Å². The van der Waals surface area contributed by atoms with Crippen LogP contribution in [0.4, 0.5) is 0 Å². The van der Waals surface area contributed by atoms with E-state index in [0.717, 1.165) is 71.0 Å². The van der Waals surface area contributed by atoms with E-state index in [-0.39, 0.29) is 74.3 Å². The first-order valence-corrected chi connectivity index (χ1v) is 29.6. The van der Waals surface area contributed by atoms with Crippen LogP contribution in [0, 0.1) is 35.5 Å². The maximum absolute atomic E-state index is 2.38. The van der Waals surface area contributed by atoms with E-state index in [1.54, 1.807) is 33.4 Å². The Labute approximate surface area is 515 Å². The van der Waals surface area contributed by atoms with Crippen LogP contribution in [0.3, 0.4) is 0 Å². The maximum Gasteiger partial charge on any atom is -0.0136 e. The maximum atomic E-state index is 2.38. The average molecular weight is 1120 g/mol. The molecule has 0 saturated heterocycles. The molecule has 0 N–H and O–H groups in total. The molecule has 0 radical (unpaired) electrons. The van der Waals surface area contributed by atoms with E-state index in [9.17, 15) is 0 Å². The summed E-state index contributed by atoms with van der Waals surface area (Å²) in [6.07, 6.45) is 25.4. The zero-order valence-corrected chi connectivity index (χ0v) is 46.0. The molecule has 12 rings (SSSR count). The molecule has 6 aromatic rings. The Kier molecular flexibility index (Phi) is 46.7. The Bertz CT molecular complexity index is 1860. The molecule has 0 nitrogen and oxygen atoms in total. The minimum atomic E-state index is 0. The quantitative estimate of drug-likeness (QED) is 0.156. The average Bonchev–Trinajstić information content (AvgIpc) is 4.33. The third-order valence-corrected chi connectivity index (χ3v) is 18.5. The molecule has 6 fully saturated rings. The summed E-state index contributed by atoms with van der Waals surface area (Å²) < 4.78 is 0. The van der Waals surface area contributed by atoms with Crippen molar-refractivity contribution in [1.29, 1.82) is 0 Å². The standard InChI is InChI=1S/6C12H16.10CH4/c6*1-10-6-5-9-12(10)11-7-3-2-4-8-11;;;;;;;;;;/h6*2-4,7-8,10,12H,5-6,9H2,1H3;10*1H4. The molecule has 12 unspecified atom stereocenters. The molecule has 6 aromatic carbocycles. The van der Waals surface area contributed by atoms with Crippen molar-refractivity contribution in [3.8, 4) is 0 Å². The Morgan fingerprint density at radius 3 is 0.366 bits per heavy atom. The summed E-state index contributed by atoms with van der Waals surface area (Å²) in [5, 5.41) is 0. The SMILES string of the molecule is C.C.C.C.C.C.C.C.C.C.CC1CCCC1c1ccccc1.CC1CCCC1c1ccccc1.CC1CCCC1c1ccccc1.CC1CCCC1c1ccccc1.CC1CCCC1c1ccccc1.CC1CCCC1c1ccccc1. The summed E-state index contributed by atoms with van der Waals surface area (Å²) in [6, 6.07) is 65.7. The lowest BCUT2D eigenvalue weighted by Crippen LogP contribution is -2.00. The second-order valence-corrected chi connectivity index (χ2v) is 23.6. The largest absolute Gasteiger partial charge is 0.0776 e. The summed E-state index contributed by atoms with van der Waals surface area (Å²) in [6.45, 7) is 14.3. The van der Waals surface area contributed by atoms with E-state index in [2.05, 4.69) is 224 Å². The van der Waals surface area contributed by atoms with Crippen LogP contribution < -0.4 is 0 Å². The van der Waals surface area contributed by atoms with Gasteiger partial charge in [-0.05, 0) is 143 Å². The van der Waals surface area contributed by atoms with Gasteiger partial charge in [0.1, 0.15) is 0 Å². The van der Waals surface area contributed by atoms with Gasteiger partial charge < -0.3 is 0 Å². The molecule has 6 aliphatic carbocycles. The Hall–Kier alpha value is -4.68. The van der Waals surface area contributed by atoms with Gasteiger partial charge in [0, 0.05) is 0 Å². The minimum Gasteiger partial charge on any atom is -0.0776 e. The first-order valence-electron chi connectivity index (χ1n) is 29.6.